The van der Waals surface area contributed by atoms with Gasteiger partial charge in [0.1, 0.15) is 0 Å². The van der Waals surface area contributed by atoms with Crippen LogP contribution in [0.15, 0.2) is 0 Å². The molecule has 6 heteroatoms. The highest BCUT2D eigenvalue weighted by Gasteiger charge is 2.30. The molecule has 0 aromatic heterocycles. The van der Waals surface area contributed by atoms with E-state index in [1.165, 1.54) is 4.90 Å². The van der Waals surface area contributed by atoms with Crippen LogP contribution < -0.4 is 5.32 Å². The Kier molecular flexibility index (Phi) is 7.70. The molecular weight excluding hydrogens is 221 g/mol. The zero-order chi connectivity index (χ0) is 12.6. The van der Waals surface area contributed by atoms with Gasteiger partial charge in [-0.05, 0) is 19.5 Å². The quantitative estimate of drug-likeness (QED) is 0.672. The zero-order valence-electron chi connectivity index (χ0n) is 9.85. The first kappa shape index (κ1) is 15.7. The van der Waals surface area contributed by atoms with Crippen LogP contribution in [0.5, 0.6) is 0 Å². The van der Waals surface area contributed by atoms with Crippen molar-refractivity contribution in [3.8, 4) is 0 Å². The highest BCUT2D eigenvalue weighted by Crippen LogP contribution is 2.16. The molecule has 0 aliphatic carbocycles. The lowest BCUT2D eigenvalue weighted by Gasteiger charge is -2.26. The van der Waals surface area contributed by atoms with Crippen molar-refractivity contribution in [1.82, 2.24) is 10.2 Å². The summed E-state index contributed by atoms with van der Waals surface area (Å²) in [5.74, 6) is 0. The minimum Gasteiger partial charge on any atom is -0.395 e. The van der Waals surface area contributed by atoms with Crippen molar-refractivity contribution in [1.29, 1.82) is 0 Å². The van der Waals surface area contributed by atoms with Gasteiger partial charge in [0.2, 0.25) is 0 Å². The number of aliphatic hydroxyl groups is 1. The van der Waals surface area contributed by atoms with Crippen molar-refractivity contribution in [2.75, 3.05) is 32.8 Å². The third kappa shape index (κ3) is 7.90. The Morgan fingerprint density at radius 2 is 1.94 bits per heavy atom. The van der Waals surface area contributed by atoms with Gasteiger partial charge in [0.05, 0.1) is 13.2 Å². The van der Waals surface area contributed by atoms with Gasteiger partial charge in [-0.2, -0.15) is 13.2 Å². The number of alkyl halides is 3. The van der Waals surface area contributed by atoms with Gasteiger partial charge in [0, 0.05) is 12.6 Å². The van der Waals surface area contributed by atoms with Crippen LogP contribution in [0, 0.1) is 0 Å². The second-order valence-electron chi connectivity index (χ2n) is 3.78. The van der Waals surface area contributed by atoms with E-state index >= 15 is 0 Å². The molecule has 0 bridgehead atoms. The van der Waals surface area contributed by atoms with Gasteiger partial charge in [-0.15, -0.1) is 0 Å². The van der Waals surface area contributed by atoms with Crippen LogP contribution in [0.1, 0.15) is 20.3 Å². The third-order valence-electron chi connectivity index (χ3n) is 2.23. The van der Waals surface area contributed by atoms with E-state index in [1.807, 2.05) is 6.92 Å². The molecule has 1 unspecified atom stereocenters. The fraction of sp³-hybridized carbons (Fsp3) is 1.00. The van der Waals surface area contributed by atoms with E-state index in [9.17, 15) is 13.2 Å². The minimum atomic E-state index is -4.18. The van der Waals surface area contributed by atoms with Gasteiger partial charge in [-0.1, -0.05) is 13.8 Å². The fourth-order valence-electron chi connectivity index (χ4n) is 1.41. The molecule has 3 nitrogen and oxygen atoms in total. The number of hydrogen-bond acceptors (Lipinski definition) is 3. The van der Waals surface area contributed by atoms with Crippen molar-refractivity contribution < 1.29 is 18.3 Å². The predicted octanol–water partition coefficient (Wildman–Crippen LogP) is 1.23. The average molecular weight is 242 g/mol. The summed E-state index contributed by atoms with van der Waals surface area (Å²) in [4.78, 5) is 1.28. The van der Waals surface area contributed by atoms with Crippen LogP contribution in [0.4, 0.5) is 13.2 Å². The lowest BCUT2D eigenvalue weighted by molar-refractivity contribution is -0.146. The molecule has 0 spiro atoms. The topological polar surface area (TPSA) is 35.5 Å². The summed E-state index contributed by atoms with van der Waals surface area (Å²) >= 11 is 0. The number of halogens is 3. The second kappa shape index (κ2) is 7.86. The van der Waals surface area contributed by atoms with E-state index in [4.69, 9.17) is 5.11 Å². The first-order chi connectivity index (χ1) is 7.42. The molecule has 1 atom stereocenters. The molecule has 0 amide bonds. The zero-order valence-corrected chi connectivity index (χ0v) is 9.85. The highest BCUT2D eigenvalue weighted by molar-refractivity contribution is 4.72. The molecule has 16 heavy (non-hydrogen) atoms. The Bertz CT molecular complexity index is 176. The maximum absolute atomic E-state index is 12.2. The van der Waals surface area contributed by atoms with E-state index in [1.54, 1.807) is 6.92 Å². The SMILES string of the molecule is CCCNC(CO)CN(CC)CC(F)(F)F. The maximum Gasteiger partial charge on any atom is 0.401 e. The van der Waals surface area contributed by atoms with Crippen LogP contribution in [0.3, 0.4) is 0 Å². The van der Waals surface area contributed by atoms with E-state index in [0.29, 0.717) is 13.1 Å². The number of nitrogens with zero attached hydrogens (tertiary/aromatic N) is 1. The number of aliphatic hydroxyl groups excluding tert-OH is 1. The summed E-state index contributed by atoms with van der Waals surface area (Å²) in [7, 11) is 0. The van der Waals surface area contributed by atoms with Gasteiger partial charge in [-0.3, -0.25) is 4.90 Å². The molecule has 0 radical (unpaired) electrons. The molecule has 0 aliphatic rings. The molecule has 0 saturated carbocycles. The summed E-state index contributed by atoms with van der Waals surface area (Å²) in [6.07, 6.45) is -3.29. The number of hydrogen-bond donors (Lipinski definition) is 2. The van der Waals surface area contributed by atoms with Crippen molar-refractivity contribution >= 4 is 0 Å². The van der Waals surface area contributed by atoms with Crippen LogP contribution in [-0.2, 0) is 0 Å². The Hall–Kier alpha value is -0.330. The van der Waals surface area contributed by atoms with Gasteiger partial charge in [0.25, 0.3) is 0 Å². The summed E-state index contributed by atoms with van der Waals surface area (Å²) < 4.78 is 36.5. The largest absolute Gasteiger partial charge is 0.401 e. The Labute approximate surface area is 94.6 Å². The van der Waals surface area contributed by atoms with Crippen molar-refractivity contribution in [3.05, 3.63) is 0 Å². The van der Waals surface area contributed by atoms with Crippen LogP contribution in [-0.4, -0.2) is 55.0 Å². The number of nitrogens with one attached hydrogen (secondary N) is 1. The lowest BCUT2D eigenvalue weighted by Crippen LogP contribution is -2.46. The predicted molar refractivity (Wildman–Crippen MR) is 57.3 cm³/mol. The van der Waals surface area contributed by atoms with Crippen LogP contribution in [0.25, 0.3) is 0 Å². The van der Waals surface area contributed by atoms with Crippen LogP contribution in [0.2, 0.25) is 0 Å². The minimum absolute atomic E-state index is 0.144. The summed E-state index contributed by atoms with van der Waals surface area (Å²) in [5, 5.41) is 12.0. The lowest BCUT2D eigenvalue weighted by atomic mass is 10.2. The standard InChI is InChI=1S/C10H21F3N2O/c1-3-5-14-9(7-16)6-15(4-2)8-10(11,12)13/h9,14,16H,3-8H2,1-2H3. The molecule has 0 aromatic carbocycles. The van der Waals surface area contributed by atoms with Crippen molar-refractivity contribution in [2.45, 2.75) is 32.5 Å². The Morgan fingerprint density at radius 3 is 2.31 bits per heavy atom. The van der Waals surface area contributed by atoms with Crippen molar-refractivity contribution in [3.63, 3.8) is 0 Å². The summed E-state index contributed by atoms with van der Waals surface area (Å²) in [6, 6.07) is -0.290. The molecule has 2 N–H and O–H groups in total. The first-order valence-electron chi connectivity index (χ1n) is 5.56. The molecule has 0 saturated heterocycles. The van der Waals surface area contributed by atoms with Crippen molar-refractivity contribution in [2.24, 2.45) is 0 Å². The summed E-state index contributed by atoms with van der Waals surface area (Å²) in [5.41, 5.74) is 0. The number of likely N-dealkylation sites (N-methyl/N-ethyl adjacent to an activating group) is 1. The van der Waals surface area contributed by atoms with Gasteiger partial charge in [0.15, 0.2) is 0 Å². The van der Waals surface area contributed by atoms with E-state index in [0.717, 1.165) is 6.42 Å². The Balaban J connectivity index is 4.06. The molecule has 0 heterocycles. The smallest absolute Gasteiger partial charge is 0.395 e. The maximum atomic E-state index is 12.2. The van der Waals surface area contributed by atoms with E-state index in [2.05, 4.69) is 5.32 Å². The number of rotatable bonds is 8. The first-order valence-corrected chi connectivity index (χ1v) is 5.56. The molecule has 0 aromatic rings. The second-order valence-corrected chi connectivity index (χ2v) is 3.78. The summed E-state index contributed by atoms with van der Waals surface area (Å²) in [6.45, 7) is 3.82. The normalized spacial score (nSPS) is 14.4. The van der Waals surface area contributed by atoms with Gasteiger partial charge in [-0.25, -0.2) is 0 Å². The third-order valence-corrected chi connectivity index (χ3v) is 2.23. The van der Waals surface area contributed by atoms with Gasteiger partial charge < -0.3 is 10.4 Å². The van der Waals surface area contributed by atoms with Gasteiger partial charge >= 0.3 is 6.18 Å². The van der Waals surface area contributed by atoms with E-state index in [-0.39, 0.29) is 19.2 Å². The monoisotopic (exact) mass is 242 g/mol. The molecular formula is C10H21F3N2O. The average Bonchev–Trinajstić information content (AvgIpc) is 2.20. The van der Waals surface area contributed by atoms with Crippen LogP contribution >= 0.6 is 0 Å². The Morgan fingerprint density at radius 1 is 1.31 bits per heavy atom. The molecule has 0 rings (SSSR count). The fourth-order valence-corrected chi connectivity index (χ4v) is 1.41. The van der Waals surface area contributed by atoms with E-state index < -0.39 is 12.7 Å². The molecule has 98 valence electrons. The highest BCUT2D eigenvalue weighted by atomic mass is 19.4. The molecule has 0 aliphatic heterocycles. The molecule has 0 fully saturated rings.